The van der Waals surface area contributed by atoms with Crippen LogP contribution in [0.3, 0.4) is 0 Å². The summed E-state index contributed by atoms with van der Waals surface area (Å²) in [6, 6.07) is 12.4. The number of fused-ring (bicyclic) bond motifs is 1. The molecule has 2 aromatic rings. The van der Waals surface area contributed by atoms with Crippen LogP contribution in [0.25, 0.3) is 0 Å². The molecule has 1 atom stereocenters. The monoisotopic (exact) mass is 431 g/mol. The van der Waals surface area contributed by atoms with Gasteiger partial charge in [0.2, 0.25) is 15.9 Å². The summed E-state index contributed by atoms with van der Waals surface area (Å²) in [7, 11) is -3.82. The van der Waals surface area contributed by atoms with Crippen LogP contribution in [0.5, 0.6) is 0 Å². The average molecular weight is 432 g/mol. The van der Waals surface area contributed by atoms with Gasteiger partial charge in [-0.1, -0.05) is 24.3 Å². The van der Waals surface area contributed by atoms with Gasteiger partial charge in [0.05, 0.1) is 11.4 Å². The van der Waals surface area contributed by atoms with Gasteiger partial charge in [-0.25, -0.2) is 18.4 Å². The Morgan fingerprint density at radius 3 is 2.23 bits per heavy atom. The van der Waals surface area contributed by atoms with Crippen LogP contribution in [0.4, 0.5) is 10.5 Å². The van der Waals surface area contributed by atoms with Gasteiger partial charge in [0.25, 0.3) is 0 Å². The van der Waals surface area contributed by atoms with E-state index in [-0.39, 0.29) is 11.4 Å². The van der Waals surface area contributed by atoms with Crippen molar-refractivity contribution in [2.24, 2.45) is 5.14 Å². The number of hydrogen-bond donors (Lipinski definition) is 2. The molecule has 3 N–H and O–H groups in total. The van der Waals surface area contributed by atoms with Crippen molar-refractivity contribution in [3.63, 3.8) is 0 Å². The number of nitrogens with zero attached hydrogens (tertiary/aromatic N) is 1. The number of amides is 2. The Kier molecular flexibility index (Phi) is 5.87. The van der Waals surface area contributed by atoms with E-state index in [4.69, 9.17) is 9.88 Å². The molecule has 8 nitrogen and oxygen atoms in total. The minimum Gasteiger partial charge on any atom is -0.444 e. The lowest BCUT2D eigenvalue weighted by Crippen LogP contribution is -2.52. The summed E-state index contributed by atoms with van der Waals surface area (Å²) in [4.78, 5) is 27.2. The van der Waals surface area contributed by atoms with E-state index in [1.54, 1.807) is 20.8 Å². The molecule has 0 radical (unpaired) electrons. The predicted molar refractivity (Wildman–Crippen MR) is 112 cm³/mol. The van der Waals surface area contributed by atoms with E-state index in [0.29, 0.717) is 12.1 Å². The Hall–Kier alpha value is -2.91. The van der Waals surface area contributed by atoms with Crippen LogP contribution in [0.15, 0.2) is 53.4 Å². The van der Waals surface area contributed by atoms with E-state index in [0.717, 1.165) is 11.1 Å². The highest BCUT2D eigenvalue weighted by Gasteiger charge is 2.37. The summed E-state index contributed by atoms with van der Waals surface area (Å²) in [5, 5.41) is 7.84. The van der Waals surface area contributed by atoms with Gasteiger partial charge in [-0.2, -0.15) is 0 Å². The Morgan fingerprint density at radius 2 is 1.67 bits per heavy atom. The highest BCUT2D eigenvalue weighted by molar-refractivity contribution is 7.89. The first-order valence-corrected chi connectivity index (χ1v) is 11.0. The topological polar surface area (TPSA) is 119 Å². The predicted octanol–water partition coefficient (Wildman–Crippen LogP) is 2.63. The first-order chi connectivity index (χ1) is 13.9. The smallest absolute Gasteiger partial charge is 0.411 e. The number of carbonyl (C=O) groups is 2. The SMILES string of the molecule is CC(C)(C)OC(=O)N1Cc2ccccc2CC1C(=O)Nc1ccc(S(N)(=O)=O)cc1. The fraction of sp³-hybridized carbons (Fsp3) is 0.333. The van der Waals surface area contributed by atoms with Gasteiger partial charge in [-0.3, -0.25) is 9.69 Å². The van der Waals surface area contributed by atoms with E-state index in [9.17, 15) is 18.0 Å². The number of rotatable bonds is 3. The van der Waals surface area contributed by atoms with Crippen molar-refractivity contribution in [3.8, 4) is 0 Å². The molecule has 1 unspecified atom stereocenters. The molecule has 0 aromatic heterocycles. The van der Waals surface area contributed by atoms with Crippen molar-refractivity contribution in [2.75, 3.05) is 5.32 Å². The first-order valence-electron chi connectivity index (χ1n) is 9.44. The van der Waals surface area contributed by atoms with Crippen molar-refractivity contribution < 1.29 is 22.7 Å². The lowest BCUT2D eigenvalue weighted by molar-refractivity contribution is -0.121. The maximum atomic E-state index is 13.0. The molecular formula is C21H25N3O5S. The number of primary sulfonamides is 1. The second kappa shape index (κ2) is 8.08. The maximum Gasteiger partial charge on any atom is 0.411 e. The largest absolute Gasteiger partial charge is 0.444 e. The van der Waals surface area contributed by atoms with Crippen molar-refractivity contribution in [1.82, 2.24) is 4.90 Å². The fourth-order valence-electron chi connectivity index (χ4n) is 3.22. The molecule has 3 rings (SSSR count). The third kappa shape index (κ3) is 5.17. The maximum absolute atomic E-state index is 13.0. The van der Waals surface area contributed by atoms with Crippen LogP contribution in [-0.4, -0.2) is 37.0 Å². The molecule has 0 fully saturated rings. The van der Waals surface area contributed by atoms with Crippen LogP contribution in [-0.2, 0) is 32.5 Å². The van der Waals surface area contributed by atoms with Gasteiger partial charge in [0.15, 0.2) is 0 Å². The second-order valence-electron chi connectivity index (χ2n) is 8.16. The van der Waals surface area contributed by atoms with Crippen molar-refractivity contribution in [2.45, 2.75) is 50.3 Å². The van der Waals surface area contributed by atoms with Gasteiger partial charge < -0.3 is 10.1 Å². The van der Waals surface area contributed by atoms with Crippen molar-refractivity contribution >= 4 is 27.7 Å². The Balaban J connectivity index is 1.84. The molecule has 1 heterocycles. The van der Waals surface area contributed by atoms with Crippen molar-refractivity contribution in [1.29, 1.82) is 0 Å². The van der Waals surface area contributed by atoms with Gasteiger partial charge >= 0.3 is 6.09 Å². The van der Waals surface area contributed by atoms with Crippen LogP contribution in [0.1, 0.15) is 31.9 Å². The van der Waals surface area contributed by atoms with E-state index in [1.165, 1.54) is 29.2 Å². The molecule has 160 valence electrons. The van der Waals surface area contributed by atoms with Crippen LogP contribution in [0, 0.1) is 0 Å². The zero-order valence-corrected chi connectivity index (χ0v) is 17.9. The van der Waals surface area contributed by atoms with E-state index >= 15 is 0 Å². The third-order valence-corrected chi connectivity index (χ3v) is 5.56. The molecular weight excluding hydrogens is 406 g/mol. The molecule has 1 aliphatic rings. The summed E-state index contributed by atoms with van der Waals surface area (Å²) in [6.45, 7) is 5.56. The summed E-state index contributed by atoms with van der Waals surface area (Å²) >= 11 is 0. The summed E-state index contributed by atoms with van der Waals surface area (Å²) in [6.07, 6.45) is -0.224. The van der Waals surface area contributed by atoms with Gasteiger partial charge in [0, 0.05) is 12.1 Å². The number of ether oxygens (including phenoxy) is 1. The number of sulfonamides is 1. The van der Waals surface area contributed by atoms with Crippen molar-refractivity contribution in [3.05, 3.63) is 59.7 Å². The van der Waals surface area contributed by atoms with Crippen LogP contribution in [0.2, 0.25) is 0 Å². The summed E-state index contributed by atoms with van der Waals surface area (Å²) < 4.78 is 28.3. The second-order valence-corrected chi connectivity index (χ2v) is 9.72. The number of nitrogens with one attached hydrogen (secondary N) is 1. The number of hydrogen-bond acceptors (Lipinski definition) is 5. The minimum atomic E-state index is -3.82. The van der Waals surface area contributed by atoms with Crippen LogP contribution >= 0.6 is 0 Å². The normalized spacial score (nSPS) is 16.5. The zero-order chi connectivity index (χ0) is 22.1. The van der Waals surface area contributed by atoms with Gasteiger partial charge in [-0.05, 0) is 56.2 Å². The molecule has 2 aromatic carbocycles. The highest BCUT2D eigenvalue weighted by atomic mass is 32.2. The average Bonchev–Trinajstić information content (AvgIpc) is 2.65. The zero-order valence-electron chi connectivity index (χ0n) is 17.1. The Bertz CT molecular complexity index is 1060. The molecule has 0 aliphatic carbocycles. The number of nitrogens with two attached hydrogens (primary N) is 1. The Labute approximate surface area is 176 Å². The minimum absolute atomic E-state index is 0.0533. The first kappa shape index (κ1) is 21.8. The number of carbonyl (C=O) groups excluding carboxylic acids is 2. The molecule has 0 saturated carbocycles. The molecule has 9 heteroatoms. The molecule has 1 aliphatic heterocycles. The summed E-state index contributed by atoms with van der Waals surface area (Å²) in [5.74, 6) is -0.390. The Morgan fingerprint density at radius 1 is 1.07 bits per heavy atom. The fourth-order valence-corrected chi connectivity index (χ4v) is 3.74. The molecule has 0 bridgehead atoms. The van der Waals surface area contributed by atoms with E-state index in [2.05, 4.69) is 5.32 Å². The highest BCUT2D eigenvalue weighted by Crippen LogP contribution is 2.26. The number of benzene rings is 2. The number of anilines is 1. The molecule has 30 heavy (non-hydrogen) atoms. The molecule has 0 saturated heterocycles. The van der Waals surface area contributed by atoms with Gasteiger partial charge in [0.1, 0.15) is 11.6 Å². The van der Waals surface area contributed by atoms with E-state index in [1.807, 2.05) is 24.3 Å². The van der Waals surface area contributed by atoms with Gasteiger partial charge in [-0.15, -0.1) is 0 Å². The third-order valence-electron chi connectivity index (χ3n) is 4.63. The molecule has 2 amide bonds. The molecule has 0 spiro atoms. The lowest BCUT2D eigenvalue weighted by Gasteiger charge is -2.36. The summed E-state index contributed by atoms with van der Waals surface area (Å²) in [5.41, 5.74) is 1.65. The lowest BCUT2D eigenvalue weighted by atomic mass is 9.93. The van der Waals surface area contributed by atoms with E-state index < -0.39 is 33.7 Å². The van der Waals surface area contributed by atoms with Crippen LogP contribution < -0.4 is 10.5 Å². The quantitative estimate of drug-likeness (QED) is 0.774. The standard InChI is InChI=1S/C21H25N3O5S/c1-21(2,3)29-20(26)24-13-15-7-5-4-6-14(15)12-18(24)19(25)23-16-8-10-17(11-9-16)30(22,27)28/h4-11,18H,12-13H2,1-3H3,(H,23,25)(H2,22,27,28).